The molecular formula is C11H13ClFNOS. The second-order valence-corrected chi connectivity index (χ2v) is 4.77. The van der Waals surface area contributed by atoms with Gasteiger partial charge in [0.15, 0.2) is 0 Å². The highest BCUT2D eigenvalue weighted by molar-refractivity contribution is 7.81. The number of thiol groups is 1. The molecule has 0 heterocycles. The first-order chi connectivity index (χ1) is 7.41. The molecule has 1 atom stereocenters. The Balaban J connectivity index is 2.80. The summed E-state index contributed by atoms with van der Waals surface area (Å²) in [5, 5.41) is 2.40. The molecular weight excluding hydrogens is 249 g/mol. The summed E-state index contributed by atoms with van der Waals surface area (Å²) in [4.78, 5) is 11.6. The molecule has 2 nitrogen and oxygen atoms in total. The van der Waals surface area contributed by atoms with Gasteiger partial charge in [0.05, 0.1) is 16.0 Å². The molecule has 0 saturated heterocycles. The monoisotopic (exact) mass is 261 g/mol. The normalized spacial score (nSPS) is 12.6. The quantitative estimate of drug-likeness (QED) is 0.803. The number of hydrogen-bond acceptors (Lipinski definition) is 2. The number of amides is 1. The summed E-state index contributed by atoms with van der Waals surface area (Å²) >= 11 is 9.98. The van der Waals surface area contributed by atoms with E-state index in [-0.39, 0.29) is 17.5 Å². The van der Waals surface area contributed by atoms with E-state index >= 15 is 0 Å². The van der Waals surface area contributed by atoms with Crippen LogP contribution < -0.4 is 5.32 Å². The molecule has 0 saturated carbocycles. The van der Waals surface area contributed by atoms with Crippen molar-refractivity contribution in [1.82, 2.24) is 0 Å². The third-order valence-electron chi connectivity index (χ3n) is 2.09. The first kappa shape index (κ1) is 13.3. The Bertz CT molecular complexity index is 398. The van der Waals surface area contributed by atoms with Gasteiger partial charge in [-0.05, 0) is 24.1 Å². The van der Waals surface area contributed by atoms with Crippen LogP contribution in [0.15, 0.2) is 18.2 Å². The van der Waals surface area contributed by atoms with Crippen molar-refractivity contribution >= 4 is 35.8 Å². The van der Waals surface area contributed by atoms with Gasteiger partial charge in [0.1, 0.15) is 5.82 Å². The van der Waals surface area contributed by atoms with E-state index in [9.17, 15) is 9.18 Å². The molecule has 0 radical (unpaired) electrons. The zero-order valence-electron chi connectivity index (χ0n) is 9.00. The molecule has 88 valence electrons. The van der Waals surface area contributed by atoms with Gasteiger partial charge < -0.3 is 5.32 Å². The number of carbonyl (C=O) groups excluding carboxylic acids is 1. The Kier molecular flexibility index (Phi) is 4.62. The maximum Gasteiger partial charge on any atom is 0.237 e. The average Bonchev–Trinajstić information content (AvgIpc) is 2.22. The van der Waals surface area contributed by atoms with Crippen molar-refractivity contribution in [3.63, 3.8) is 0 Å². The summed E-state index contributed by atoms with van der Waals surface area (Å²) in [7, 11) is 0. The zero-order valence-corrected chi connectivity index (χ0v) is 10.6. The van der Waals surface area contributed by atoms with Crippen LogP contribution in [0.5, 0.6) is 0 Å². The van der Waals surface area contributed by atoms with Crippen LogP contribution in [-0.4, -0.2) is 11.2 Å². The minimum Gasteiger partial charge on any atom is -0.324 e. The molecule has 1 N–H and O–H groups in total. The Labute approximate surface area is 105 Å². The Morgan fingerprint density at radius 3 is 2.69 bits per heavy atom. The molecule has 16 heavy (non-hydrogen) atoms. The van der Waals surface area contributed by atoms with Crippen LogP contribution in [-0.2, 0) is 4.79 Å². The van der Waals surface area contributed by atoms with Gasteiger partial charge in [-0.15, -0.1) is 0 Å². The standard InChI is InChI=1S/C11H13ClFNOS/c1-6(2)10(16)11(15)14-9-5-7(13)3-4-8(9)12/h3-6,10,16H,1-2H3,(H,14,15). The van der Waals surface area contributed by atoms with Crippen LogP contribution in [0.25, 0.3) is 0 Å². The van der Waals surface area contributed by atoms with E-state index in [1.54, 1.807) is 0 Å². The second-order valence-electron chi connectivity index (χ2n) is 3.80. The van der Waals surface area contributed by atoms with Gasteiger partial charge in [0.2, 0.25) is 5.91 Å². The molecule has 0 spiro atoms. The first-order valence-electron chi connectivity index (χ1n) is 4.86. The minimum atomic E-state index is -0.445. The van der Waals surface area contributed by atoms with Crippen LogP contribution in [0.1, 0.15) is 13.8 Å². The Hall–Kier alpha value is -0.740. The summed E-state index contributed by atoms with van der Waals surface area (Å²) in [6.07, 6.45) is 0. The predicted molar refractivity (Wildman–Crippen MR) is 67.7 cm³/mol. The number of benzene rings is 1. The number of carbonyl (C=O) groups is 1. The van der Waals surface area contributed by atoms with Crippen molar-refractivity contribution in [3.05, 3.63) is 29.0 Å². The van der Waals surface area contributed by atoms with Crippen LogP contribution in [0, 0.1) is 11.7 Å². The second kappa shape index (κ2) is 5.55. The lowest BCUT2D eigenvalue weighted by Crippen LogP contribution is -2.27. The van der Waals surface area contributed by atoms with Crippen LogP contribution >= 0.6 is 24.2 Å². The number of hydrogen-bond donors (Lipinski definition) is 2. The number of halogens is 2. The zero-order chi connectivity index (χ0) is 12.3. The molecule has 0 bridgehead atoms. The lowest BCUT2D eigenvalue weighted by atomic mass is 10.1. The van der Waals surface area contributed by atoms with Crippen molar-refractivity contribution in [2.24, 2.45) is 5.92 Å². The van der Waals surface area contributed by atoms with E-state index in [0.717, 1.165) is 0 Å². The number of anilines is 1. The van der Waals surface area contributed by atoms with E-state index in [0.29, 0.717) is 5.02 Å². The SMILES string of the molecule is CC(C)C(S)C(=O)Nc1cc(F)ccc1Cl. The largest absolute Gasteiger partial charge is 0.324 e. The highest BCUT2D eigenvalue weighted by Gasteiger charge is 2.18. The van der Waals surface area contributed by atoms with Gasteiger partial charge in [0.25, 0.3) is 0 Å². The van der Waals surface area contributed by atoms with Gasteiger partial charge in [-0.3, -0.25) is 4.79 Å². The highest BCUT2D eigenvalue weighted by atomic mass is 35.5. The average molecular weight is 262 g/mol. The number of rotatable bonds is 3. The van der Waals surface area contributed by atoms with E-state index in [2.05, 4.69) is 17.9 Å². The van der Waals surface area contributed by atoms with E-state index < -0.39 is 11.1 Å². The summed E-state index contributed by atoms with van der Waals surface area (Å²) in [6, 6.07) is 3.81. The molecule has 0 aliphatic rings. The lowest BCUT2D eigenvalue weighted by molar-refractivity contribution is -0.116. The number of nitrogens with one attached hydrogen (secondary N) is 1. The highest BCUT2D eigenvalue weighted by Crippen LogP contribution is 2.23. The molecule has 0 aliphatic carbocycles. The van der Waals surface area contributed by atoms with Crippen molar-refractivity contribution in [3.8, 4) is 0 Å². The van der Waals surface area contributed by atoms with Gasteiger partial charge in [-0.1, -0.05) is 25.4 Å². The third-order valence-corrected chi connectivity index (χ3v) is 3.25. The minimum absolute atomic E-state index is 0.0932. The van der Waals surface area contributed by atoms with Gasteiger partial charge in [-0.2, -0.15) is 12.6 Å². The van der Waals surface area contributed by atoms with Crippen molar-refractivity contribution in [2.45, 2.75) is 19.1 Å². The van der Waals surface area contributed by atoms with Crippen molar-refractivity contribution in [1.29, 1.82) is 0 Å². The van der Waals surface area contributed by atoms with Crippen LogP contribution in [0.3, 0.4) is 0 Å². The van der Waals surface area contributed by atoms with Crippen LogP contribution in [0.4, 0.5) is 10.1 Å². The summed E-state index contributed by atoms with van der Waals surface area (Å²) in [6.45, 7) is 3.76. The smallest absolute Gasteiger partial charge is 0.237 e. The molecule has 0 aromatic heterocycles. The Morgan fingerprint density at radius 2 is 2.12 bits per heavy atom. The van der Waals surface area contributed by atoms with Crippen molar-refractivity contribution < 1.29 is 9.18 Å². The summed E-state index contributed by atoms with van der Waals surface area (Å²) < 4.78 is 12.9. The topological polar surface area (TPSA) is 29.1 Å². The van der Waals surface area contributed by atoms with Gasteiger partial charge in [0, 0.05) is 0 Å². The maximum atomic E-state index is 12.9. The molecule has 5 heteroatoms. The molecule has 0 aliphatic heterocycles. The van der Waals surface area contributed by atoms with E-state index in [4.69, 9.17) is 11.6 Å². The molecule has 0 fully saturated rings. The molecule has 1 amide bonds. The predicted octanol–water partition coefficient (Wildman–Crippen LogP) is 3.37. The summed E-state index contributed by atoms with van der Waals surface area (Å²) in [5.74, 6) is -0.638. The molecule has 1 rings (SSSR count). The molecule has 1 unspecified atom stereocenters. The van der Waals surface area contributed by atoms with Gasteiger partial charge in [-0.25, -0.2) is 4.39 Å². The molecule has 1 aromatic rings. The van der Waals surface area contributed by atoms with Crippen molar-refractivity contribution in [2.75, 3.05) is 5.32 Å². The maximum absolute atomic E-state index is 12.9. The fraction of sp³-hybridized carbons (Fsp3) is 0.364. The fourth-order valence-electron chi connectivity index (χ4n) is 1.10. The van der Waals surface area contributed by atoms with E-state index in [1.807, 2.05) is 13.8 Å². The molecule has 1 aromatic carbocycles. The third kappa shape index (κ3) is 3.39. The van der Waals surface area contributed by atoms with E-state index in [1.165, 1.54) is 18.2 Å². The lowest BCUT2D eigenvalue weighted by Gasteiger charge is -2.15. The summed E-state index contributed by atoms with van der Waals surface area (Å²) in [5.41, 5.74) is 0.270. The fourth-order valence-corrected chi connectivity index (χ4v) is 1.33. The first-order valence-corrected chi connectivity index (χ1v) is 5.75. The Morgan fingerprint density at radius 1 is 1.50 bits per heavy atom. The van der Waals surface area contributed by atoms with Gasteiger partial charge >= 0.3 is 0 Å². The van der Waals surface area contributed by atoms with Crippen LogP contribution in [0.2, 0.25) is 5.02 Å².